The number of ether oxygens (including phenoxy) is 1. The molecule has 2 rings (SSSR count). The highest BCUT2D eigenvalue weighted by molar-refractivity contribution is 9.09. The van der Waals surface area contributed by atoms with Crippen LogP contribution in [-0.4, -0.2) is 43.1 Å². The Kier molecular flexibility index (Phi) is 6.16. The maximum absolute atomic E-state index is 5.54. The molecule has 0 aromatic carbocycles. The van der Waals surface area contributed by atoms with E-state index in [9.17, 15) is 0 Å². The lowest BCUT2D eigenvalue weighted by Crippen LogP contribution is -2.46. The molecular weight excluding hydrogens is 302 g/mol. The average Bonchev–Trinajstić information content (AvgIpc) is 2.48. The van der Waals surface area contributed by atoms with E-state index in [1.54, 1.807) is 0 Å². The predicted molar refractivity (Wildman–Crippen MR) is 84.9 cm³/mol. The van der Waals surface area contributed by atoms with Gasteiger partial charge in [0, 0.05) is 31.1 Å². The van der Waals surface area contributed by atoms with Crippen molar-refractivity contribution in [3.05, 3.63) is 0 Å². The van der Waals surface area contributed by atoms with Crippen molar-refractivity contribution in [2.24, 2.45) is 11.3 Å². The summed E-state index contributed by atoms with van der Waals surface area (Å²) in [5, 5.41) is 1.12. The van der Waals surface area contributed by atoms with Crippen molar-refractivity contribution in [3.8, 4) is 0 Å². The molecule has 0 spiro atoms. The first-order valence-electron chi connectivity index (χ1n) is 8.03. The van der Waals surface area contributed by atoms with Gasteiger partial charge in [0.2, 0.25) is 0 Å². The van der Waals surface area contributed by atoms with E-state index in [0.29, 0.717) is 5.41 Å². The molecule has 1 saturated carbocycles. The molecule has 2 nitrogen and oxygen atoms in total. The van der Waals surface area contributed by atoms with Gasteiger partial charge >= 0.3 is 0 Å². The minimum absolute atomic E-state index is 0.453. The van der Waals surface area contributed by atoms with Crippen LogP contribution in [0, 0.1) is 11.3 Å². The van der Waals surface area contributed by atoms with Crippen LogP contribution in [0.5, 0.6) is 0 Å². The van der Waals surface area contributed by atoms with Gasteiger partial charge in [-0.1, -0.05) is 29.3 Å². The molecule has 3 heteroatoms. The maximum Gasteiger partial charge on any atom is 0.0472 e. The van der Waals surface area contributed by atoms with Gasteiger partial charge in [-0.25, -0.2) is 0 Å². The molecule has 1 aliphatic heterocycles. The van der Waals surface area contributed by atoms with Gasteiger partial charge in [-0.2, -0.15) is 0 Å². The Morgan fingerprint density at radius 1 is 1.16 bits per heavy atom. The van der Waals surface area contributed by atoms with E-state index in [1.807, 2.05) is 0 Å². The van der Waals surface area contributed by atoms with Crippen molar-refractivity contribution in [1.82, 2.24) is 4.90 Å². The Labute approximate surface area is 127 Å². The Hall–Kier alpha value is 0.400. The topological polar surface area (TPSA) is 12.5 Å². The van der Waals surface area contributed by atoms with Crippen molar-refractivity contribution in [2.75, 3.05) is 32.1 Å². The molecule has 19 heavy (non-hydrogen) atoms. The molecule has 0 radical (unpaired) electrons. The molecule has 0 amide bonds. The highest BCUT2D eigenvalue weighted by Gasteiger charge is 2.34. The van der Waals surface area contributed by atoms with Crippen LogP contribution in [0.1, 0.15) is 51.9 Å². The number of hydrogen-bond acceptors (Lipinski definition) is 2. The zero-order valence-corrected chi connectivity index (χ0v) is 14.3. The quantitative estimate of drug-likeness (QED) is 0.704. The van der Waals surface area contributed by atoms with Gasteiger partial charge in [-0.3, -0.25) is 0 Å². The van der Waals surface area contributed by atoms with Crippen LogP contribution in [0.4, 0.5) is 0 Å². The van der Waals surface area contributed by atoms with Gasteiger partial charge in [0.25, 0.3) is 0 Å². The predicted octanol–water partition coefficient (Wildman–Crippen LogP) is 4.08. The largest absolute Gasteiger partial charge is 0.381 e. The molecule has 0 atom stereocenters. The van der Waals surface area contributed by atoms with Crippen molar-refractivity contribution < 1.29 is 4.74 Å². The van der Waals surface area contributed by atoms with Gasteiger partial charge in [0.15, 0.2) is 0 Å². The molecule has 112 valence electrons. The monoisotopic (exact) mass is 331 g/mol. The summed E-state index contributed by atoms with van der Waals surface area (Å²) in [5.41, 5.74) is 0.453. The van der Waals surface area contributed by atoms with E-state index in [4.69, 9.17) is 4.74 Å². The van der Waals surface area contributed by atoms with E-state index < -0.39 is 0 Å². The fourth-order valence-corrected chi connectivity index (χ4v) is 4.53. The number of hydrogen-bond donors (Lipinski definition) is 0. The van der Waals surface area contributed by atoms with Crippen LogP contribution in [0.15, 0.2) is 0 Å². The first-order chi connectivity index (χ1) is 9.19. The van der Waals surface area contributed by atoms with Gasteiger partial charge in [-0.05, 0) is 56.9 Å². The second-order valence-electron chi connectivity index (χ2n) is 6.74. The minimum Gasteiger partial charge on any atom is -0.381 e. The van der Waals surface area contributed by atoms with Crippen LogP contribution >= 0.6 is 15.9 Å². The first-order valence-corrected chi connectivity index (χ1v) is 9.15. The maximum atomic E-state index is 5.54. The molecule has 2 fully saturated rings. The van der Waals surface area contributed by atoms with Crippen LogP contribution in [-0.2, 0) is 4.74 Å². The molecule has 0 N–H and O–H groups in total. The lowest BCUT2D eigenvalue weighted by Gasteiger charge is -2.42. The Balaban J connectivity index is 1.84. The molecule has 1 heterocycles. The third-order valence-electron chi connectivity index (χ3n) is 5.44. The van der Waals surface area contributed by atoms with Gasteiger partial charge in [0.05, 0.1) is 0 Å². The number of alkyl halides is 1. The molecule has 1 saturated heterocycles. The zero-order chi connectivity index (χ0) is 13.7. The van der Waals surface area contributed by atoms with Crippen molar-refractivity contribution in [3.63, 3.8) is 0 Å². The van der Waals surface area contributed by atoms with Crippen molar-refractivity contribution in [2.45, 2.75) is 57.9 Å². The van der Waals surface area contributed by atoms with Crippen LogP contribution < -0.4 is 0 Å². The van der Waals surface area contributed by atoms with Crippen molar-refractivity contribution >= 4 is 15.9 Å². The Morgan fingerprint density at radius 3 is 2.32 bits per heavy atom. The van der Waals surface area contributed by atoms with Gasteiger partial charge in [0.1, 0.15) is 0 Å². The normalized spacial score (nSPS) is 31.6. The molecule has 2 aliphatic rings. The second-order valence-corrected chi connectivity index (χ2v) is 7.30. The average molecular weight is 332 g/mol. The smallest absolute Gasteiger partial charge is 0.0472 e. The summed E-state index contributed by atoms with van der Waals surface area (Å²) >= 11 is 3.76. The van der Waals surface area contributed by atoms with E-state index in [2.05, 4.69) is 34.8 Å². The highest BCUT2D eigenvalue weighted by atomic mass is 79.9. The Bertz CT molecular complexity index is 257. The van der Waals surface area contributed by atoms with Gasteiger partial charge in [-0.15, -0.1) is 0 Å². The van der Waals surface area contributed by atoms with Crippen LogP contribution in [0.2, 0.25) is 0 Å². The zero-order valence-electron chi connectivity index (χ0n) is 12.7. The third kappa shape index (κ3) is 4.18. The van der Waals surface area contributed by atoms with E-state index >= 15 is 0 Å². The number of rotatable bonds is 5. The summed E-state index contributed by atoms with van der Waals surface area (Å²) < 4.78 is 5.54. The Morgan fingerprint density at radius 2 is 1.79 bits per heavy atom. The van der Waals surface area contributed by atoms with E-state index in [0.717, 1.165) is 30.5 Å². The minimum atomic E-state index is 0.453. The fraction of sp³-hybridized carbons (Fsp3) is 1.00. The lowest BCUT2D eigenvalue weighted by atomic mass is 9.80. The molecule has 0 aromatic heterocycles. The molecule has 0 unspecified atom stereocenters. The fourth-order valence-electron chi connectivity index (χ4n) is 3.79. The SMILES string of the molecule is CCC1CCC(N(C)CC2(CBr)CCOCC2)CC1. The molecule has 0 aromatic rings. The summed E-state index contributed by atoms with van der Waals surface area (Å²) in [7, 11) is 2.34. The van der Waals surface area contributed by atoms with E-state index in [-0.39, 0.29) is 0 Å². The summed E-state index contributed by atoms with van der Waals surface area (Å²) in [6.45, 7) is 5.48. The van der Waals surface area contributed by atoms with Gasteiger partial charge < -0.3 is 9.64 Å². The highest BCUT2D eigenvalue weighted by Crippen LogP contribution is 2.36. The summed E-state index contributed by atoms with van der Waals surface area (Å²) in [6.07, 6.45) is 9.50. The summed E-state index contributed by atoms with van der Waals surface area (Å²) in [5.74, 6) is 0.998. The third-order valence-corrected chi connectivity index (χ3v) is 6.63. The molecular formula is C16H30BrNO. The summed E-state index contributed by atoms with van der Waals surface area (Å²) in [4.78, 5) is 2.65. The summed E-state index contributed by atoms with van der Waals surface area (Å²) in [6, 6.07) is 0.821. The number of halogens is 1. The molecule has 1 aliphatic carbocycles. The van der Waals surface area contributed by atoms with E-state index in [1.165, 1.54) is 51.5 Å². The van der Waals surface area contributed by atoms with Crippen molar-refractivity contribution in [1.29, 1.82) is 0 Å². The standard InChI is InChI=1S/C16H30BrNO/c1-3-14-4-6-15(7-5-14)18(2)13-16(12-17)8-10-19-11-9-16/h14-15H,3-13H2,1-2H3. The molecule has 0 bridgehead atoms. The van der Waals surface area contributed by atoms with Crippen LogP contribution in [0.25, 0.3) is 0 Å². The second kappa shape index (κ2) is 7.42. The number of nitrogens with zero attached hydrogens (tertiary/aromatic N) is 1. The first kappa shape index (κ1) is 15.8. The van der Waals surface area contributed by atoms with Crippen LogP contribution in [0.3, 0.4) is 0 Å². The lowest BCUT2D eigenvalue weighted by molar-refractivity contribution is 0.00170.